The minimum absolute atomic E-state index is 0.0153. The molecule has 0 saturated heterocycles. The van der Waals surface area contributed by atoms with E-state index in [2.05, 4.69) is 11.2 Å². The van der Waals surface area contributed by atoms with Gasteiger partial charge in [0.15, 0.2) is 0 Å². The van der Waals surface area contributed by atoms with E-state index in [1.807, 2.05) is 0 Å². The highest BCUT2D eigenvalue weighted by atomic mass is 16.4. The number of amides is 2. The molecule has 9 heteroatoms. The lowest BCUT2D eigenvalue weighted by molar-refractivity contribution is -0.128. The van der Waals surface area contributed by atoms with Gasteiger partial charge in [-0.25, -0.2) is 9.48 Å². The number of carbonyl (C=O) groups excluding carboxylic acids is 1. The Hall–Kier alpha value is -4.45. The van der Waals surface area contributed by atoms with E-state index in [-0.39, 0.29) is 36.4 Å². The van der Waals surface area contributed by atoms with Crippen LogP contribution in [0.3, 0.4) is 0 Å². The fourth-order valence-corrected chi connectivity index (χ4v) is 3.23. The van der Waals surface area contributed by atoms with Crippen LogP contribution in [0.4, 0.5) is 10.5 Å². The van der Waals surface area contributed by atoms with Crippen LogP contribution in [0.1, 0.15) is 23.2 Å². The molecule has 9 nitrogen and oxygen atoms in total. The maximum atomic E-state index is 12.4. The number of nitrogens with zero attached hydrogens (tertiary/aromatic N) is 5. The summed E-state index contributed by atoms with van der Waals surface area (Å²) in [5, 5.41) is 23.1. The fourth-order valence-electron chi connectivity index (χ4n) is 3.23. The minimum atomic E-state index is -1.17. The van der Waals surface area contributed by atoms with Crippen molar-refractivity contribution in [2.75, 3.05) is 25.5 Å². The maximum Gasteiger partial charge on any atom is 0.411 e. The van der Waals surface area contributed by atoms with Crippen LogP contribution in [0.25, 0.3) is 5.69 Å². The average Bonchev–Trinajstić information content (AvgIpc) is 2.80. The lowest BCUT2D eigenvalue weighted by Gasteiger charge is -2.21. The van der Waals surface area contributed by atoms with Gasteiger partial charge in [-0.3, -0.25) is 14.5 Å². The first-order valence-electron chi connectivity index (χ1n) is 10.2. The van der Waals surface area contributed by atoms with Crippen LogP contribution in [-0.2, 0) is 11.2 Å². The summed E-state index contributed by atoms with van der Waals surface area (Å²) in [7, 11) is 3.23. The number of rotatable bonds is 7. The van der Waals surface area contributed by atoms with E-state index in [0.29, 0.717) is 22.5 Å². The SMILES string of the molecule is CN(C)C(=O)CCN(C(=O)O)c1cccc(Cc2nn(-c3cccc(C#N)c3)ccc2=O)c1. The van der Waals surface area contributed by atoms with Crippen LogP contribution >= 0.6 is 0 Å². The van der Waals surface area contributed by atoms with Crippen molar-refractivity contribution in [3.63, 3.8) is 0 Å². The summed E-state index contributed by atoms with van der Waals surface area (Å²) in [5.74, 6) is -0.174. The van der Waals surface area contributed by atoms with Gasteiger partial charge in [0.1, 0.15) is 5.69 Å². The van der Waals surface area contributed by atoms with E-state index in [0.717, 1.165) is 4.90 Å². The van der Waals surface area contributed by atoms with Gasteiger partial charge in [0.05, 0.1) is 17.3 Å². The van der Waals surface area contributed by atoms with Crippen molar-refractivity contribution >= 4 is 17.7 Å². The van der Waals surface area contributed by atoms with Gasteiger partial charge in [0.25, 0.3) is 0 Å². The Kier molecular flexibility index (Phi) is 7.20. The van der Waals surface area contributed by atoms with Gasteiger partial charge < -0.3 is 10.0 Å². The molecule has 2 amide bonds. The zero-order valence-electron chi connectivity index (χ0n) is 18.3. The molecule has 0 unspecified atom stereocenters. The Labute approximate surface area is 190 Å². The highest BCUT2D eigenvalue weighted by molar-refractivity contribution is 5.87. The van der Waals surface area contributed by atoms with Gasteiger partial charge in [0.2, 0.25) is 11.3 Å². The molecule has 0 saturated carbocycles. The summed E-state index contributed by atoms with van der Waals surface area (Å²) in [6.45, 7) is 0.0153. The number of aromatic nitrogens is 2. The highest BCUT2D eigenvalue weighted by Gasteiger charge is 2.17. The van der Waals surface area contributed by atoms with Crippen LogP contribution < -0.4 is 10.3 Å². The molecule has 1 aromatic heterocycles. The first kappa shape index (κ1) is 23.2. The van der Waals surface area contributed by atoms with E-state index in [4.69, 9.17) is 5.26 Å². The number of nitriles is 1. The Balaban J connectivity index is 1.86. The van der Waals surface area contributed by atoms with Gasteiger partial charge in [-0.2, -0.15) is 10.4 Å². The second-order valence-electron chi connectivity index (χ2n) is 7.55. The van der Waals surface area contributed by atoms with Gasteiger partial charge in [-0.05, 0) is 35.9 Å². The summed E-state index contributed by atoms with van der Waals surface area (Å²) < 4.78 is 1.53. The standard InChI is InChI=1S/C24H23N5O4/c1-27(2)23(31)10-11-28(24(32)33)19-7-3-5-17(13-19)15-21-22(30)9-12-29(26-21)20-8-4-6-18(14-20)16-25/h3-9,12-14H,10-11,15H2,1-2H3,(H,32,33). The molecule has 2 aromatic carbocycles. The van der Waals surface area contributed by atoms with Crippen molar-refractivity contribution in [1.29, 1.82) is 5.26 Å². The third-order valence-electron chi connectivity index (χ3n) is 4.99. The molecular formula is C24H23N5O4. The first-order valence-corrected chi connectivity index (χ1v) is 10.2. The van der Waals surface area contributed by atoms with E-state index in [1.165, 1.54) is 21.8 Å². The predicted octanol–water partition coefficient (Wildman–Crippen LogP) is 2.66. The maximum absolute atomic E-state index is 12.4. The van der Waals surface area contributed by atoms with Gasteiger partial charge in [-0.15, -0.1) is 0 Å². The second kappa shape index (κ2) is 10.2. The zero-order valence-corrected chi connectivity index (χ0v) is 18.3. The Morgan fingerprint density at radius 2 is 1.88 bits per heavy atom. The lowest BCUT2D eigenvalue weighted by atomic mass is 10.1. The van der Waals surface area contributed by atoms with E-state index >= 15 is 0 Å². The first-order chi connectivity index (χ1) is 15.8. The smallest absolute Gasteiger partial charge is 0.411 e. The number of carboxylic acid groups (broad SMARTS) is 1. The fraction of sp³-hybridized carbons (Fsp3) is 0.208. The van der Waals surface area contributed by atoms with Crippen molar-refractivity contribution in [3.8, 4) is 11.8 Å². The molecule has 0 aliphatic carbocycles. The minimum Gasteiger partial charge on any atom is -0.465 e. The van der Waals surface area contributed by atoms with Crippen LogP contribution in [0.15, 0.2) is 65.6 Å². The lowest BCUT2D eigenvalue weighted by Crippen LogP contribution is -2.34. The third-order valence-corrected chi connectivity index (χ3v) is 4.99. The van der Waals surface area contributed by atoms with E-state index < -0.39 is 6.09 Å². The van der Waals surface area contributed by atoms with Crippen LogP contribution in [-0.4, -0.2) is 52.4 Å². The highest BCUT2D eigenvalue weighted by Crippen LogP contribution is 2.19. The Bertz CT molecular complexity index is 1280. The molecule has 0 bridgehead atoms. The molecule has 1 N–H and O–H groups in total. The molecular weight excluding hydrogens is 422 g/mol. The molecule has 0 spiro atoms. The van der Waals surface area contributed by atoms with Gasteiger partial charge >= 0.3 is 6.09 Å². The van der Waals surface area contributed by atoms with Gasteiger partial charge in [0, 0.05) is 51.4 Å². The summed E-state index contributed by atoms with van der Waals surface area (Å²) >= 11 is 0. The number of hydrogen-bond donors (Lipinski definition) is 1. The normalized spacial score (nSPS) is 10.3. The molecule has 0 fully saturated rings. The van der Waals surface area contributed by atoms with Crippen LogP contribution in [0.2, 0.25) is 0 Å². The molecule has 0 atom stereocenters. The summed E-state index contributed by atoms with van der Waals surface area (Å²) in [6, 6.07) is 17.1. The molecule has 33 heavy (non-hydrogen) atoms. The average molecular weight is 445 g/mol. The van der Waals surface area contributed by atoms with E-state index in [9.17, 15) is 19.5 Å². The number of anilines is 1. The molecule has 3 rings (SSSR count). The zero-order chi connectivity index (χ0) is 24.0. The topological polar surface area (TPSA) is 120 Å². The van der Waals surface area contributed by atoms with Crippen molar-refractivity contribution in [2.24, 2.45) is 0 Å². The molecule has 0 aliphatic heterocycles. The molecule has 0 aliphatic rings. The monoisotopic (exact) mass is 445 g/mol. The van der Waals surface area contributed by atoms with Crippen molar-refractivity contribution in [2.45, 2.75) is 12.8 Å². The van der Waals surface area contributed by atoms with Crippen molar-refractivity contribution < 1.29 is 14.7 Å². The van der Waals surface area contributed by atoms with Gasteiger partial charge in [-0.1, -0.05) is 18.2 Å². The molecule has 3 aromatic rings. The quantitative estimate of drug-likeness (QED) is 0.597. The molecule has 1 heterocycles. The number of benzene rings is 2. The van der Waals surface area contributed by atoms with Crippen LogP contribution in [0.5, 0.6) is 0 Å². The third kappa shape index (κ3) is 5.83. The predicted molar refractivity (Wildman–Crippen MR) is 122 cm³/mol. The molecule has 0 radical (unpaired) electrons. The number of hydrogen-bond acceptors (Lipinski definition) is 5. The van der Waals surface area contributed by atoms with Crippen LogP contribution in [0, 0.1) is 11.3 Å². The summed E-state index contributed by atoms with van der Waals surface area (Å²) in [4.78, 5) is 38.6. The largest absolute Gasteiger partial charge is 0.465 e. The van der Waals surface area contributed by atoms with Crippen molar-refractivity contribution in [1.82, 2.24) is 14.7 Å². The van der Waals surface area contributed by atoms with Crippen molar-refractivity contribution in [3.05, 3.63) is 87.8 Å². The molecule has 168 valence electrons. The Morgan fingerprint density at radius 3 is 2.58 bits per heavy atom. The van der Waals surface area contributed by atoms with E-state index in [1.54, 1.807) is 62.6 Å². The summed E-state index contributed by atoms with van der Waals surface area (Å²) in [5.41, 5.74) is 2.26. The number of carbonyl (C=O) groups is 2. The Morgan fingerprint density at radius 1 is 1.12 bits per heavy atom. The summed E-state index contributed by atoms with van der Waals surface area (Å²) in [6.07, 6.45) is 0.606. The second-order valence-corrected chi connectivity index (χ2v) is 7.55.